The second-order valence-electron chi connectivity index (χ2n) is 13.7. The van der Waals surface area contributed by atoms with Crippen molar-refractivity contribution in [2.75, 3.05) is 0 Å². The fourth-order valence-corrected chi connectivity index (χ4v) is 5.36. The molecule has 5 heteroatoms. The molecule has 1 rings (SSSR count). The molecule has 0 aromatic carbocycles. The van der Waals surface area contributed by atoms with Gasteiger partial charge >= 0.3 is 11.9 Å². The summed E-state index contributed by atoms with van der Waals surface area (Å²) in [6, 6.07) is 0. The molecule has 1 saturated heterocycles. The van der Waals surface area contributed by atoms with Crippen molar-refractivity contribution in [2.45, 2.75) is 118 Å². The van der Waals surface area contributed by atoms with E-state index in [1.807, 2.05) is 27.7 Å². The Labute approximate surface area is 236 Å². The standard InChI is InChI=1S/C11H20O3.C11H18O2.C10H22.CH4/c1-6(2)9(8(5)12)10(7(3)4)11(13)14;1-6(2)9-8(5)13-11(12)10(9)7(3)4;1-8(2)7-10(5,6)9(3)4;/h6-7,9-10H,1-5H3,(H,13,14);6-7,9-10H,5H2,1-4H3;8-9H,7H2,1-6H3;1H4. The molecule has 0 radical (unpaired) electrons. The van der Waals surface area contributed by atoms with E-state index < -0.39 is 11.9 Å². The van der Waals surface area contributed by atoms with Gasteiger partial charge < -0.3 is 9.84 Å². The first-order valence-corrected chi connectivity index (χ1v) is 14.2. The quantitative estimate of drug-likeness (QED) is 0.279. The number of carboxylic acid groups (broad SMARTS) is 1. The van der Waals surface area contributed by atoms with E-state index in [4.69, 9.17) is 9.84 Å². The number of esters is 1. The third-order valence-electron chi connectivity index (χ3n) is 7.77. The summed E-state index contributed by atoms with van der Waals surface area (Å²) in [4.78, 5) is 33.9. The molecule has 1 fully saturated rings. The van der Waals surface area contributed by atoms with Crippen LogP contribution in [0.2, 0.25) is 0 Å². The van der Waals surface area contributed by atoms with Gasteiger partial charge in [-0.25, -0.2) is 0 Å². The van der Waals surface area contributed by atoms with E-state index in [1.54, 1.807) is 0 Å². The lowest BCUT2D eigenvalue weighted by Crippen LogP contribution is -2.35. The molecule has 4 atom stereocenters. The fraction of sp³-hybridized carbons (Fsp3) is 0.848. The average Bonchev–Trinajstić information content (AvgIpc) is 2.98. The second kappa shape index (κ2) is 17.8. The zero-order valence-corrected chi connectivity index (χ0v) is 26.8. The zero-order valence-electron chi connectivity index (χ0n) is 26.8. The van der Waals surface area contributed by atoms with Gasteiger partial charge in [-0.1, -0.05) is 111 Å². The molecule has 4 unspecified atom stereocenters. The van der Waals surface area contributed by atoms with Crippen LogP contribution in [0.3, 0.4) is 0 Å². The number of hydrogen-bond donors (Lipinski definition) is 1. The summed E-state index contributed by atoms with van der Waals surface area (Å²) in [5.74, 6) is 1.39. The summed E-state index contributed by atoms with van der Waals surface area (Å²) in [6.45, 7) is 35.0. The highest BCUT2D eigenvalue weighted by Crippen LogP contribution is 2.40. The minimum atomic E-state index is -0.867. The van der Waals surface area contributed by atoms with Crippen molar-refractivity contribution in [1.82, 2.24) is 0 Å². The first-order chi connectivity index (χ1) is 16.6. The van der Waals surface area contributed by atoms with Crippen LogP contribution in [-0.2, 0) is 19.1 Å². The molecule has 0 aromatic heterocycles. The van der Waals surface area contributed by atoms with Crippen LogP contribution in [0.5, 0.6) is 0 Å². The van der Waals surface area contributed by atoms with Crippen LogP contribution in [0, 0.1) is 64.6 Å². The largest absolute Gasteiger partial charge is 0.481 e. The molecule has 0 spiro atoms. The van der Waals surface area contributed by atoms with Crippen molar-refractivity contribution < 1.29 is 24.2 Å². The topological polar surface area (TPSA) is 80.7 Å². The molecule has 0 aromatic rings. The maximum atomic E-state index is 11.5. The highest BCUT2D eigenvalue weighted by Gasteiger charge is 2.43. The number of ketones is 1. The van der Waals surface area contributed by atoms with Crippen molar-refractivity contribution >= 4 is 17.7 Å². The van der Waals surface area contributed by atoms with E-state index in [1.165, 1.54) is 13.3 Å². The number of carbonyl (C=O) groups is 3. The lowest BCUT2D eigenvalue weighted by Gasteiger charge is -2.30. The van der Waals surface area contributed by atoms with Gasteiger partial charge in [0.25, 0.3) is 0 Å². The number of aliphatic carboxylic acids is 1. The smallest absolute Gasteiger partial charge is 0.315 e. The molecular weight excluding hydrogens is 476 g/mol. The summed E-state index contributed by atoms with van der Waals surface area (Å²) in [5.41, 5.74) is 0.522. The van der Waals surface area contributed by atoms with Gasteiger partial charge in [0.15, 0.2) is 0 Å². The minimum Gasteiger partial charge on any atom is -0.481 e. The average molecular weight is 541 g/mol. The number of ether oxygens (including phenoxy) is 1. The SMILES string of the molecule is C.C=C1OC(=O)C(C(C)C)C1C(C)C.CC(=O)C(C(C)C)C(C(=O)O)C(C)C.CC(C)CC(C)(C)C(C)C. The Bertz CT molecular complexity index is 680. The molecule has 0 amide bonds. The Kier molecular flexibility index (Phi) is 19.2. The van der Waals surface area contributed by atoms with Crippen LogP contribution < -0.4 is 0 Å². The molecule has 38 heavy (non-hydrogen) atoms. The van der Waals surface area contributed by atoms with Crippen molar-refractivity contribution in [2.24, 2.45) is 64.6 Å². The monoisotopic (exact) mass is 540 g/mol. The number of hydrogen-bond acceptors (Lipinski definition) is 4. The van der Waals surface area contributed by atoms with E-state index >= 15 is 0 Å². The van der Waals surface area contributed by atoms with Crippen LogP contribution >= 0.6 is 0 Å². The van der Waals surface area contributed by atoms with Gasteiger partial charge in [-0.2, -0.15) is 0 Å². The first-order valence-electron chi connectivity index (χ1n) is 14.2. The molecule has 1 aliphatic heterocycles. The van der Waals surface area contributed by atoms with Gasteiger partial charge in [0.05, 0.1) is 11.8 Å². The molecule has 1 heterocycles. The predicted molar refractivity (Wildman–Crippen MR) is 162 cm³/mol. The number of cyclic esters (lactones) is 1. The molecule has 1 aliphatic rings. The number of carboxylic acids is 1. The maximum absolute atomic E-state index is 11.5. The lowest BCUT2D eigenvalue weighted by atomic mass is 9.75. The van der Waals surface area contributed by atoms with Gasteiger partial charge in [-0.3, -0.25) is 14.4 Å². The Morgan fingerprint density at radius 1 is 0.842 bits per heavy atom. The van der Waals surface area contributed by atoms with Crippen LogP contribution in [0.15, 0.2) is 12.3 Å². The van der Waals surface area contributed by atoms with Crippen molar-refractivity contribution in [3.05, 3.63) is 12.3 Å². The molecule has 0 aliphatic carbocycles. The summed E-state index contributed by atoms with van der Waals surface area (Å²) in [6.07, 6.45) is 1.34. The van der Waals surface area contributed by atoms with E-state index in [0.29, 0.717) is 23.0 Å². The normalized spacial score (nSPS) is 19.1. The lowest BCUT2D eigenvalue weighted by molar-refractivity contribution is -0.149. The molecule has 1 N–H and O–H groups in total. The van der Waals surface area contributed by atoms with E-state index in [2.05, 4.69) is 75.8 Å². The predicted octanol–water partition coefficient (Wildman–Crippen LogP) is 9.16. The summed E-state index contributed by atoms with van der Waals surface area (Å²) in [7, 11) is 0. The highest BCUT2D eigenvalue weighted by atomic mass is 16.5. The third kappa shape index (κ3) is 13.4. The Hall–Kier alpha value is -1.65. The molecular formula is C33H64O5. The van der Waals surface area contributed by atoms with Crippen molar-refractivity contribution in [1.29, 1.82) is 0 Å². The van der Waals surface area contributed by atoms with Gasteiger partial charge in [-0.05, 0) is 54.3 Å². The number of rotatable bonds is 10. The number of allylic oxidation sites excluding steroid dienone is 1. The highest BCUT2D eigenvalue weighted by molar-refractivity contribution is 5.84. The van der Waals surface area contributed by atoms with Crippen LogP contribution in [-0.4, -0.2) is 22.8 Å². The van der Waals surface area contributed by atoms with Crippen molar-refractivity contribution in [3.63, 3.8) is 0 Å². The fourth-order valence-electron chi connectivity index (χ4n) is 5.36. The van der Waals surface area contributed by atoms with Crippen LogP contribution in [0.25, 0.3) is 0 Å². The molecule has 0 saturated carbocycles. The van der Waals surface area contributed by atoms with Crippen LogP contribution in [0.1, 0.15) is 118 Å². The van der Waals surface area contributed by atoms with Gasteiger partial charge in [-0.15, -0.1) is 0 Å². The first kappa shape index (κ1) is 40.8. The van der Waals surface area contributed by atoms with E-state index in [0.717, 1.165) is 11.8 Å². The van der Waals surface area contributed by atoms with Gasteiger partial charge in [0, 0.05) is 11.8 Å². The number of carbonyl (C=O) groups excluding carboxylic acids is 2. The van der Waals surface area contributed by atoms with Crippen molar-refractivity contribution in [3.8, 4) is 0 Å². The third-order valence-corrected chi connectivity index (χ3v) is 7.77. The molecule has 5 nitrogen and oxygen atoms in total. The summed E-state index contributed by atoms with van der Waals surface area (Å²) >= 11 is 0. The zero-order chi connectivity index (χ0) is 30.0. The minimum absolute atomic E-state index is 0. The summed E-state index contributed by atoms with van der Waals surface area (Å²) < 4.78 is 5.08. The second-order valence-corrected chi connectivity index (χ2v) is 13.7. The number of Topliss-reactive ketones (excluding diaryl/α,β-unsaturated/α-hetero) is 1. The molecule has 226 valence electrons. The van der Waals surface area contributed by atoms with E-state index in [9.17, 15) is 14.4 Å². The Balaban J connectivity index is -0.000000484. The Morgan fingerprint density at radius 2 is 1.24 bits per heavy atom. The molecule has 0 bridgehead atoms. The Morgan fingerprint density at radius 3 is 1.39 bits per heavy atom. The van der Waals surface area contributed by atoms with E-state index in [-0.39, 0.29) is 48.8 Å². The van der Waals surface area contributed by atoms with Crippen LogP contribution in [0.4, 0.5) is 0 Å². The van der Waals surface area contributed by atoms with Gasteiger partial charge in [0.1, 0.15) is 11.5 Å². The van der Waals surface area contributed by atoms with Gasteiger partial charge in [0.2, 0.25) is 0 Å². The maximum Gasteiger partial charge on any atom is 0.315 e. The summed E-state index contributed by atoms with van der Waals surface area (Å²) in [5, 5.41) is 9.06.